The smallest absolute Gasteiger partial charge is 0.0388 e. The minimum absolute atomic E-state index is 1.04. The largest absolute Gasteiger partial charge is 0.0622 e. The summed E-state index contributed by atoms with van der Waals surface area (Å²) >= 11 is 0. The summed E-state index contributed by atoms with van der Waals surface area (Å²) < 4.78 is 0. The molecule has 1 unspecified atom stereocenters. The fraction of sp³-hybridized carbons (Fsp3) is 1.00. The highest BCUT2D eigenvalue weighted by Gasteiger charge is 2.25. The average molecular weight is 166 g/mol. The van der Waals surface area contributed by atoms with E-state index in [0.717, 1.165) is 17.8 Å². The van der Waals surface area contributed by atoms with Crippen molar-refractivity contribution in [2.75, 3.05) is 0 Å². The zero-order chi connectivity index (χ0) is 8.39. The molecule has 0 aliphatic heterocycles. The average Bonchev–Trinajstić information content (AvgIpc) is 1.79. The molecule has 0 aromatic rings. The second kappa shape index (κ2) is 3.81. The Labute approximate surface area is 76.7 Å². The lowest BCUT2D eigenvalue weighted by molar-refractivity contribution is 0.185. The van der Waals surface area contributed by atoms with Gasteiger partial charge in [0, 0.05) is 0 Å². The molecule has 0 aromatic heterocycles. The zero-order valence-corrected chi connectivity index (χ0v) is 8.39. The van der Waals surface area contributed by atoms with Crippen molar-refractivity contribution in [3.8, 4) is 0 Å². The summed E-state index contributed by atoms with van der Waals surface area (Å²) in [4.78, 5) is 0. The molecule has 0 amide bonds. The third-order valence-electron chi connectivity index (χ3n) is 4.21. The van der Waals surface area contributed by atoms with Gasteiger partial charge in [0.2, 0.25) is 0 Å². The van der Waals surface area contributed by atoms with Crippen molar-refractivity contribution < 1.29 is 0 Å². The Morgan fingerprint density at radius 1 is 1.08 bits per heavy atom. The fourth-order valence-electron chi connectivity index (χ4n) is 2.52. The molecule has 0 bridgehead atoms. The Morgan fingerprint density at radius 3 is 2.17 bits per heavy atom. The van der Waals surface area contributed by atoms with Gasteiger partial charge in [0.05, 0.1) is 0 Å². The van der Waals surface area contributed by atoms with Crippen LogP contribution in [-0.4, -0.2) is 0 Å². The molecular weight excluding hydrogens is 144 g/mol. The molecule has 2 aliphatic rings. The molecule has 0 saturated heterocycles. The summed E-state index contributed by atoms with van der Waals surface area (Å²) in [7, 11) is 0. The Hall–Kier alpha value is 0. The van der Waals surface area contributed by atoms with Crippen LogP contribution >= 0.6 is 0 Å². The third kappa shape index (κ3) is 1.84. The standard InChI is InChI=1S/C12H22/c1-10(12-6-3-7-12)8-9-11-4-2-5-11/h10-12H,2-9H2,1H3. The lowest BCUT2D eigenvalue weighted by Gasteiger charge is -2.33. The molecule has 2 rings (SSSR count). The topological polar surface area (TPSA) is 0 Å². The molecule has 0 nitrogen and oxygen atoms in total. The summed E-state index contributed by atoms with van der Waals surface area (Å²) in [6, 6.07) is 0. The Balaban J connectivity index is 1.58. The molecule has 2 aliphatic carbocycles. The predicted octanol–water partition coefficient (Wildman–Crippen LogP) is 4.00. The van der Waals surface area contributed by atoms with Crippen LogP contribution in [0.4, 0.5) is 0 Å². The Bertz CT molecular complexity index is 131. The van der Waals surface area contributed by atoms with Crippen LogP contribution in [0.1, 0.15) is 58.3 Å². The van der Waals surface area contributed by atoms with Gasteiger partial charge in [-0.1, -0.05) is 58.3 Å². The van der Waals surface area contributed by atoms with Crippen molar-refractivity contribution >= 4 is 0 Å². The van der Waals surface area contributed by atoms with Crippen LogP contribution in [0.2, 0.25) is 0 Å². The second-order valence-corrected chi connectivity index (χ2v) is 5.04. The van der Waals surface area contributed by atoms with Gasteiger partial charge in [0.25, 0.3) is 0 Å². The molecule has 0 N–H and O–H groups in total. The van der Waals surface area contributed by atoms with Gasteiger partial charge in [-0.3, -0.25) is 0 Å². The Kier molecular flexibility index (Phi) is 2.73. The molecule has 0 heterocycles. The van der Waals surface area contributed by atoms with Gasteiger partial charge in [-0.05, 0) is 17.8 Å². The lowest BCUT2D eigenvalue weighted by atomic mass is 9.72. The van der Waals surface area contributed by atoms with E-state index in [2.05, 4.69) is 6.92 Å². The van der Waals surface area contributed by atoms with E-state index in [1.807, 2.05) is 0 Å². The predicted molar refractivity (Wildman–Crippen MR) is 53.1 cm³/mol. The minimum atomic E-state index is 1.04. The van der Waals surface area contributed by atoms with Crippen LogP contribution in [0.25, 0.3) is 0 Å². The van der Waals surface area contributed by atoms with Gasteiger partial charge >= 0.3 is 0 Å². The van der Waals surface area contributed by atoms with E-state index in [-0.39, 0.29) is 0 Å². The van der Waals surface area contributed by atoms with E-state index in [1.54, 1.807) is 0 Å². The van der Waals surface area contributed by atoms with Crippen LogP contribution in [0.3, 0.4) is 0 Å². The molecule has 0 aromatic carbocycles. The van der Waals surface area contributed by atoms with Gasteiger partial charge in [0.1, 0.15) is 0 Å². The van der Waals surface area contributed by atoms with Crippen LogP contribution in [0.5, 0.6) is 0 Å². The van der Waals surface area contributed by atoms with Gasteiger partial charge in [-0.25, -0.2) is 0 Å². The van der Waals surface area contributed by atoms with E-state index in [0.29, 0.717) is 0 Å². The quantitative estimate of drug-likeness (QED) is 0.592. The highest BCUT2D eigenvalue weighted by Crippen LogP contribution is 2.38. The molecule has 12 heavy (non-hydrogen) atoms. The van der Waals surface area contributed by atoms with E-state index >= 15 is 0 Å². The zero-order valence-electron chi connectivity index (χ0n) is 8.39. The SMILES string of the molecule is CC(CCC1CCC1)C1CCC1. The molecule has 70 valence electrons. The van der Waals surface area contributed by atoms with Crippen LogP contribution in [-0.2, 0) is 0 Å². The summed E-state index contributed by atoms with van der Waals surface area (Å²) in [5.74, 6) is 3.29. The van der Waals surface area contributed by atoms with Crippen LogP contribution < -0.4 is 0 Å². The first-order valence-electron chi connectivity index (χ1n) is 5.86. The van der Waals surface area contributed by atoms with E-state index < -0.39 is 0 Å². The maximum absolute atomic E-state index is 2.47. The highest BCUT2D eigenvalue weighted by molar-refractivity contribution is 4.77. The van der Waals surface area contributed by atoms with Gasteiger partial charge < -0.3 is 0 Å². The summed E-state index contributed by atoms with van der Waals surface area (Å²) in [5.41, 5.74) is 0. The van der Waals surface area contributed by atoms with Crippen molar-refractivity contribution in [1.82, 2.24) is 0 Å². The Morgan fingerprint density at radius 2 is 1.75 bits per heavy atom. The summed E-state index contributed by atoms with van der Waals surface area (Å²) in [6.07, 6.45) is 12.2. The molecule has 0 spiro atoms. The van der Waals surface area contributed by atoms with E-state index in [4.69, 9.17) is 0 Å². The monoisotopic (exact) mass is 166 g/mol. The number of hydrogen-bond donors (Lipinski definition) is 0. The first kappa shape index (κ1) is 8.59. The molecular formula is C12H22. The normalized spacial score (nSPS) is 27.8. The lowest BCUT2D eigenvalue weighted by Crippen LogP contribution is -2.21. The van der Waals surface area contributed by atoms with Crippen molar-refractivity contribution in [1.29, 1.82) is 0 Å². The number of hydrogen-bond acceptors (Lipinski definition) is 0. The molecule has 2 saturated carbocycles. The van der Waals surface area contributed by atoms with Crippen molar-refractivity contribution in [3.63, 3.8) is 0 Å². The van der Waals surface area contributed by atoms with E-state index in [1.165, 1.54) is 51.4 Å². The third-order valence-corrected chi connectivity index (χ3v) is 4.21. The fourth-order valence-corrected chi connectivity index (χ4v) is 2.52. The molecule has 2 fully saturated rings. The number of rotatable bonds is 4. The van der Waals surface area contributed by atoms with Crippen molar-refractivity contribution in [2.45, 2.75) is 58.3 Å². The molecule has 0 heteroatoms. The van der Waals surface area contributed by atoms with Crippen LogP contribution in [0, 0.1) is 17.8 Å². The maximum Gasteiger partial charge on any atom is -0.0388 e. The molecule has 0 radical (unpaired) electrons. The minimum Gasteiger partial charge on any atom is -0.0622 e. The first-order valence-corrected chi connectivity index (χ1v) is 5.86. The van der Waals surface area contributed by atoms with Gasteiger partial charge in [-0.15, -0.1) is 0 Å². The summed E-state index contributed by atoms with van der Waals surface area (Å²) in [5, 5.41) is 0. The second-order valence-electron chi connectivity index (χ2n) is 5.04. The first-order chi connectivity index (χ1) is 5.86. The van der Waals surface area contributed by atoms with Gasteiger partial charge in [0.15, 0.2) is 0 Å². The van der Waals surface area contributed by atoms with E-state index in [9.17, 15) is 0 Å². The highest BCUT2D eigenvalue weighted by atomic mass is 14.3. The van der Waals surface area contributed by atoms with Crippen molar-refractivity contribution in [3.05, 3.63) is 0 Å². The van der Waals surface area contributed by atoms with Crippen LogP contribution in [0.15, 0.2) is 0 Å². The maximum atomic E-state index is 2.47. The van der Waals surface area contributed by atoms with Crippen molar-refractivity contribution in [2.24, 2.45) is 17.8 Å². The summed E-state index contributed by atoms with van der Waals surface area (Å²) in [6.45, 7) is 2.47. The van der Waals surface area contributed by atoms with Gasteiger partial charge in [-0.2, -0.15) is 0 Å². The molecule has 1 atom stereocenters.